The minimum absolute atomic E-state index is 0.489. The van der Waals surface area contributed by atoms with Gasteiger partial charge in [0, 0.05) is 0 Å². The van der Waals surface area contributed by atoms with Crippen LogP contribution in [0.1, 0.15) is 50.7 Å². The number of benzene rings is 2. The molecule has 5 nitrogen and oxygen atoms in total. The standard InChI is InChI=1S/C24H34O5/c1-5-7-13-28-21-11-9-19(15-23(21)25-3)17-27-18-20-10-12-22(24(16-20)26-4)29-14-8-6-2/h9-12,15-16H,5-8,13-14,17-18H2,1-4H3. The van der Waals surface area contributed by atoms with Crippen LogP contribution in [0.3, 0.4) is 0 Å². The average Bonchev–Trinajstić information content (AvgIpc) is 2.75. The summed E-state index contributed by atoms with van der Waals surface area (Å²) >= 11 is 0. The number of hydrogen-bond acceptors (Lipinski definition) is 5. The summed E-state index contributed by atoms with van der Waals surface area (Å²) in [5.41, 5.74) is 2.08. The predicted octanol–water partition coefficient (Wildman–Crippen LogP) is 5.78. The van der Waals surface area contributed by atoms with Gasteiger partial charge >= 0.3 is 0 Å². The summed E-state index contributed by atoms with van der Waals surface area (Å²) in [6.45, 7) is 6.66. The molecule has 0 aliphatic rings. The van der Waals surface area contributed by atoms with E-state index in [0.717, 1.165) is 59.8 Å². The highest BCUT2D eigenvalue weighted by Crippen LogP contribution is 2.30. The molecule has 5 heteroatoms. The second-order valence-corrected chi connectivity index (χ2v) is 6.87. The smallest absolute Gasteiger partial charge is 0.161 e. The third-order valence-electron chi connectivity index (χ3n) is 4.50. The molecule has 2 aromatic carbocycles. The molecular formula is C24H34O5. The van der Waals surface area contributed by atoms with E-state index >= 15 is 0 Å². The lowest BCUT2D eigenvalue weighted by Crippen LogP contribution is -2.01. The first-order valence-corrected chi connectivity index (χ1v) is 10.4. The molecule has 160 valence electrons. The maximum atomic E-state index is 5.89. The van der Waals surface area contributed by atoms with Gasteiger partial charge in [-0.2, -0.15) is 0 Å². The van der Waals surface area contributed by atoms with Gasteiger partial charge in [-0.3, -0.25) is 0 Å². The van der Waals surface area contributed by atoms with Gasteiger partial charge in [-0.1, -0.05) is 38.8 Å². The van der Waals surface area contributed by atoms with E-state index in [4.69, 9.17) is 23.7 Å². The molecule has 2 rings (SSSR count). The number of unbranched alkanes of at least 4 members (excludes halogenated alkanes) is 2. The number of methoxy groups -OCH3 is 2. The lowest BCUT2D eigenvalue weighted by Gasteiger charge is -2.13. The fraction of sp³-hybridized carbons (Fsp3) is 0.500. The van der Waals surface area contributed by atoms with Gasteiger partial charge in [0.15, 0.2) is 23.0 Å². The van der Waals surface area contributed by atoms with Gasteiger partial charge < -0.3 is 23.7 Å². The first kappa shape index (κ1) is 22.9. The second-order valence-electron chi connectivity index (χ2n) is 6.87. The molecule has 0 bridgehead atoms. The fourth-order valence-electron chi connectivity index (χ4n) is 2.78. The summed E-state index contributed by atoms with van der Waals surface area (Å²) in [6, 6.07) is 11.8. The topological polar surface area (TPSA) is 46.2 Å². The normalized spacial score (nSPS) is 10.6. The van der Waals surface area contributed by atoms with Gasteiger partial charge in [0.05, 0.1) is 40.6 Å². The van der Waals surface area contributed by atoms with Crippen molar-refractivity contribution in [2.75, 3.05) is 27.4 Å². The van der Waals surface area contributed by atoms with Crippen LogP contribution in [0.25, 0.3) is 0 Å². The molecule has 0 atom stereocenters. The quantitative estimate of drug-likeness (QED) is 0.375. The molecule has 0 radical (unpaired) electrons. The molecule has 0 amide bonds. The van der Waals surface area contributed by atoms with Gasteiger partial charge in [-0.05, 0) is 48.2 Å². The van der Waals surface area contributed by atoms with Crippen molar-refractivity contribution in [3.05, 3.63) is 47.5 Å². The summed E-state index contributed by atoms with van der Waals surface area (Å²) in [4.78, 5) is 0. The third-order valence-corrected chi connectivity index (χ3v) is 4.50. The Morgan fingerprint density at radius 1 is 0.621 bits per heavy atom. The summed E-state index contributed by atoms with van der Waals surface area (Å²) in [5, 5.41) is 0. The van der Waals surface area contributed by atoms with Crippen molar-refractivity contribution >= 4 is 0 Å². The Labute approximate surface area is 174 Å². The van der Waals surface area contributed by atoms with Crippen LogP contribution < -0.4 is 18.9 Å². The largest absolute Gasteiger partial charge is 0.493 e. The zero-order valence-electron chi connectivity index (χ0n) is 18.2. The molecule has 2 aromatic rings. The van der Waals surface area contributed by atoms with Crippen LogP contribution in [0, 0.1) is 0 Å². The van der Waals surface area contributed by atoms with Crippen LogP contribution in [0.15, 0.2) is 36.4 Å². The van der Waals surface area contributed by atoms with Crippen LogP contribution >= 0.6 is 0 Å². The van der Waals surface area contributed by atoms with E-state index in [2.05, 4.69) is 13.8 Å². The zero-order valence-corrected chi connectivity index (χ0v) is 18.2. The van der Waals surface area contributed by atoms with Crippen molar-refractivity contribution in [2.24, 2.45) is 0 Å². The molecule has 0 heterocycles. The molecule has 0 aromatic heterocycles. The molecular weight excluding hydrogens is 368 g/mol. The van der Waals surface area contributed by atoms with Crippen LogP contribution in [0.4, 0.5) is 0 Å². The van der Waals surface area contributed by atoms with E-state index in [-0.39, 0.29) is 0 Å². The van der Waals surface area contributed by atoms with Gasteiger partial charge in [0.25, 0.3) is 0 Å². The average molecular weight is 403 g/mol. The van der Waals surface area contributed by atoms with Gasteiger partial charge in [-0.15, -0.1) is 0 Å². The number of rotatable bonds is 14. The summed E-state index contributed by atoms with van der Waals surface area (Å²) < 4.78 is 28.4. The van der Waals surface area contributed by atoms with Crippen LogP contribution in [0.5, 0.6) is 23.0 Å². The van der Waals surface area contributed by atoms with Crippen molar-refractivity contribution in [3.63, 3.8) is 0 Å². The van der Waals surface area contributed by atoms with Crippen LogP contribution in [0.2, 0.25) is 0 Å². The minimum Gasteiger partial charge on any atom is -0.493 e. The Hall–Kier alpha value is -2.40. The van der Waals surface area contributed by atoms with E-state index < -0.39 is 0 Å². The van der Waals surface area contributed by atoms with E-state index in [1.54, 1.807) is 14.2 Å². The van der Waals surface area contributed by atoms with Crippen molar-refractivity contribution in [1.82, 2.24) is 0 Å². The first-order chi connectivity index (χ1) is 14.2. The predicted molar refractivity (Wildman–Crippen MR) is 115 cm³/mol. The van der Waals surface area contributed by atoms with Crippen molar-refractivity contribution in [2.45, 2.75) is 52.7 Å². The first-order valence-electron chi connectivity index (χ1n) is 10.4. The lowest BCUT2D eigenvalue weighted by atomic mass is 10.2. The zero-order chi connectivity index (χ0) is 20.9. The highest BCUT2D eigenvalue weighted by atomic mass is 16.5. The highest BCUT2D eigenvalue weighted by Gasteiger charge is 2.08. The minimum atomic E-state index is 0.489. The van der Waals surface area contributed by atoms with Crippen molar-refractivity contribution in [1.29, 1.82) is 0 Å². The monoisotopic (exact) mass is 402 g/mol. The molecule has 0 saturated carbocycles. The summed E-state index contributed by atoms with van der Waals surface area (Å²) in [6.07, 6.45) is 4.26. The van der Waals surface area contributed by atoms with Crippen molar-refractivity contribution in [3.8, 4) is 23.0 Å². The third kappa shape index (κ3) is 7.50. The molecule has 0 spiro atoms. The molecule has 0 aliphatic heterocycles. The Morgan fingerprint density at radius 3 is 1.45 bits per heavy atom. The molecule has 0 fully saturated rings. The molecule has 0 saturated heterocycles. The van der Waals surface area contributed by atoms with Gasteiger partial charge in [-0.25, -0.2) is 0 Å². The van der Waals surface area contributed by atoms with E-state index in [0.29, 0.717) is 26.4 Å². The van der Waals surface area contributed by atoms with Gasteiger partial charge in [0.2, 0.25) is 0 Å². The number of ether oxygens (including phenoxy) is 5. The molecule has 29 heavy (non-hydrogen) atoms. The van der Waals surface area contributed by atoms with E-state index in [1.165, 1.54) is 0 Å². The Balaban J connectivity index is 1.90. The maximum absolute atomic E-state index is 5.89. The Morgan fingerprint density at radius 2 is 1.07 bits per heavy atom. The fourth-order valence-corrected chi connectivity index (χ4v) is 2.78. The number of hydrogen-bond donors (Lipinski definition) is 0. The lowest BCUT2D eigenvalue weighted by molar-refractivity contribution is 0.106. The van der Waals surface area contributed by atoms with Gasteiger partial charge in [0.1, 0.15) is 0 Å². The van der Waals surface area contributed by atoms with Crippen LogP contribution in [-0.2, 0) is 18.0 Å². The summed E-state index contributed by atoms with van der Waals surface area (Å²) in [7, 11) is 3.31. The SMILES string of the molecule is CCCCOc1ccc(COCc2ccc(OCCCC)c(OC)c2)cc1OC. The Kier molecular flexibility index (Phi) is 10.2. The maximum Gasteiger partial charge on any atom is 0.161 e. The highest BCUT2D eigenvalue weighted by molar-refractivity contribution is 5.43. The molecule has 0 unspecified atom stereocenters. The molecule has 0 N–H and O–H groups in total. The summed E-state index contributed by atoms with van der Waals surface area (Å²) in [5.74, 6) is 3.01. The Bertz CT molecular complexity index is 668. The van der Waals surface area contributed by atoms with Crippen molar-refractivity contribution < 1.29 is 23.7 Å². The van der Waals surface area contributed by atoms with E-state index in [9.17, 15) is 0 Å². The molecule has 0 aliphatic carbocycles. The second kappa shape index (κ2) is 12.9. The van der Waals surface area contributed by atoms with E-state index in [1.807, 2.05) is 36.4 Å². The van der Waals surface area contributed by atoms with Crippen LogP contribution in [-0.4, -0.2) is 27.4 Å².